The summed E-state index contributed by atoms with van der Waals surface area (Å²) in [7, 11) is 1.79. The maximum absolute atomic E-state index is 5.90. The number of nitrogens with zero attached hydrogens (tertiary/aromatic N) is 2. The summed E-state index contributed by atoms with van der Waals surface area (Å²) in [5.41, 5.74) is 0.784. The van der Waals surface area contributed by atoms with Crippen LogP contribution >= 0.6 is 15.9 Å². The molecular formula is C16H26BrN3O. The average Bonchev–Trinajstić information content (AvgIpc) is 2.52. The normalized spacial score (nSPS) is 17.7. The van der Waals surface area contributed by atoms with E-state index in [2.05, 4.69) is 35.1 Å². The Morgan fingerprint density at radius 3 is 2.48 bits per heavy atom. The van der Waals surface area contributed by atoms with Crippen molar-refractivity contribution in [1.29, 1.82) is 0 Å². The number of hydrogen-bond acceptors (Lipinski definition) is 4. The number of hydrogen-bond donors (Lipinski definition) is 1. The molecule has 1 aliphatic rings. The van der Waals surface area contributed by atoms with Crippen molar-refractivity contribution >= 4 is 21.7 Å². The number of ether oxygens (including phenoxy) is 1. The van der Waals surface area contributed by atoms with E-state index in [4.69, 9.17) is 14.7 Å². The molecule has 2 rings (SSSR count). The van der Waals surface area contributed by atoms with E-state index in [0.29, 0.717) is 0 Å². The van der Waals surface area contributed by atoms with Crippen molar-refractivity contribution in [2.75, 3.05) is 19.0 Å². The Hall–Kier alpha value is -0.680. The number of halogens is 1. The molecule has 1 aliphatic carbocycles. The molecule has 0 radical (unpaired) electrons. The molecule has 21 heavy (non-hydrogen) atoms. The minimum atomic E-state index is -0.300. The Morgan fingerprint density at radius 2 is 1.90 bits per heavy atom. The summed E-state index contributed by atoms with van der Waals surface area (Å²) >= 11 is 3.65. The molecule has 4 nitrogen and oxygen atoms in total. The predicted molar refractivity (Wildman–Crippen MR) is 89.7 cm³/mol. The number of aromatic nitrogens is 2. The first kappa shape index (κ1) is 16.7. The second-order valence-corrected chi connectivity index (χ2v) is 6.49. The molecule has 1 fully saturated rings. The van der Waals surface area contributed by atoms with Crippen LogP contribution in [0.5, 0.6) is 0 Å². The van der Waals surface area contributed by atoms with E-state index in [0.717, 1.165) is 54.0 Å². The SMILES string of the molecule is CCCc1nc(C2(OC)CCCCC2)nc(NCC)c1Br. The van der Waals surface area contributed by atoms with Crippen molar-refractivity contribution in [2.45, 2.75) is 64.4 Å². The van der Waals surface area contributed by atoms with E-state index in [1.807, 2.05) is 0 Å². The quantitative estimate of drug-likeness (QED) is 0.819. The standard InChI is InChI=1S/C16H26BrN3O/c1-4-9-12-13(17)14(18-5-2)20-15(19-12)16(21-3)10-7-6-8-11-16/h4-11H2,1-3H3,(H,18,19,20). The van der Waals surface area contributed by atoms with Crippen LogP contribution in [0.2, 0.25) is 0 Å². The Labute approximate surface area is 136 Å². The summed E-state index contributed by atoms with van der Waals surface area (Å²) in [4.78, 5) is 9.63. The lowest BCUT2D eigenvalue weighted by Gasteiger charge is -2.35. The molecule has 0 spiro atoms. The molecule has 1 aromatic rings. The van der Waals surface area contributed by atoms with Crippen LogP contribution in [0.15, 0.2) is 4.47 Å². The van der Waals surface area contributed by atoms with Gasteiger partial charge in [0.2, 0.25) is 0 Å². The van der Waals surface area contributed by atoms with Gasteiger partial charge in [-0.15, -0.1) is 0 Å². The molecule has 0 atom stereocenters. The molecular weight excluding hydrogens is 330 g/mol. The molecule has 5 heteroatoms. The van der Waals surface area contributed by atoms with Gasteiger partial charge in [0.1, 0.15) is 11.4 Å². The maximum atomic E-state index is 5.90. The first-order chi connectivity index (χ1) is 10.2. The van der Waals surface area contributed by atoms with E-state index in [1.54, 1.807) is 7.11 Å². The van der Waals surface area contributed by atoms with Gasteiger partial charge in [0.15, 0.2) is 5.82 Å². The van der Waals surface area contributed by atoms with Crippen LogP contribution in [0, 0.1) is 0 Å². The lowest BCUT2D eigenvalue weighted by atomic mass is 9.84. The zero-order valence-corrected chi connectivity index (χ0v) is 14.9. The smallest absolute Gasteiger partial charge is 0.162 e. The van der Waals surface area contributed by atoms with Gasteiger partial charge in [-0.1, -0.05) is 32.6 Å². The van der Waals surface area contributed by atoms with Gasteiger partial charge in [0.05, 0.1) is 10.2 Å². The first-order valence-electron chi connectivity index (χ1n) is 8.02. The van der Waals surface area contributed by atoms with Gasteiger partial charge in [-0.3, -0.25) is 0 Å². The summed E-state index contributed by atoms with van der Waals surface area (Å²) < 4.78 is 6.90. The fourth-order valence-electron chi connectivity index (χ4n) is 3.03. The highest BCUT2D eigenvalue weighted by Gasteiger charge is 2.37. The van der Waals surface area contributed by atoms with E-state index in [-0.39, 0.29) is 5.60 Å². The lowest BCUT2D eigenvalue weighted by molar-refractivity contribution is -0.0515. The summed E-state index contributed by atoms with van der Waals surface area (Å²) in [6, 6.07) is 0. The van der Waals surface area contributed by atoms with Gasteiger partial charge in [-0.2, -0.15) is 0 Å². The van der Waals surface area contributed by atoms with Gasteiger partial charge in [-0.05, 0) is 42.1 Å². The van der Waals surface area contributed by atoms with Gasteiger partial charge in [0, 0.05) is 13.7 Å². The zero-order chi connectivity index (χ0) is 15.3. The minimum absolute atomic E-state index is 0.300. The zero-order valence-electron chi connectivity index (χ0n) is 13.3. The van der Waals surface area contributed by atoms with Crippen LogP contribution in [0.1, 0.15) is 63.9 Å². The Morgan fingerprint density at radius 1 is 1.19 bits per heavy atom. The second-order valence-electron chi connectivity index (χ2n) is 5.70. The van der Waals surface area contributed by atoms with E-state index < -0.39 is 0 Å². The topological polar surface area (TPSA) is 47.0 Å². The number of nitrogens with one attached hydrogen (secondary N) is 1. The summed E-state index contributed by atoms with van der Waals surface area (Å²) in [5, 5.41) is 3.34. The molecule has 118 valence electrons. The van der Waals surface area contributed by atoms with Crippen molar-refractivity contribution < 1.29 is 4.74 Å². The molecule has 1 saturated carbocycles. The summed E-state index contributed by atoms with van der Waals surface area (Å²) in [6.07, 6.45) is 7.71. The van der Waals surface area contributed by atoms with Crippen LogP contribution in [-0.2, 0) is 16.8 Å². The Kier molecular flexibility index (Phi) is 5.99. The van der Waals surface area contributed by atoms with E-state index in [9.17, 15) is 0 Å². The maximum Gasteiger partial charge on any atom is 0.162 e. The molecule has 0 saturated heterocycles. The molecule has 0 aromatic carbocycles. The summed E-state index contributed by atoms with van der Waals surface area (Å²) in [6.45, 7) is 5.11. The molecule has 0 amide bonds. The molecule has 1 heterocycles. The lowest BCUT2D eigenvalue weighted by Crippen LogP contribution is -2.34. The highest BCUT2D eigenvalue weighted by molar-refractivity contribution is 9.10. The van der Waals surface area contributed by atoms with Crippen molar-refractivity contribution in [3.8, 4) is 0 Å². The third kappa shape index (κ3) is 3.57. The summed E-state index contributed by atoms with van der Waals surface area (Å²) in [5.74, 6) is 1.75. The highest BCUT2D eigenvalue weighted by Crippen LogP contribution is 2.40. The van der Waals surface area contributed by atoms with Crippen molar-refractivity contribution in [1.82, 2.24) is 9.97 Å². The van der Waals surface area contributed by atoms with Crippen LogP contribution in [0.3, 0.4) is 0 Å². The Bertz CT molecular complexity index is 446. The number of methoxy groups -OCH3 is 1. The second kappa shape index (κ2) is 7.54. The van der Waals surface area contributed by atoms with Gasteiger partial charge < -0.3 is 10.1 Å². The number of rotatable bonds is 6. The van der Waals surface area contributed by atoms with Crippen LogP contribution in [0.25, 0.3) is 0 Å². The average molecular weight is 356 g/mol. The van der Waals surface area contributed by atoms with E-state index >= 15 is 0 Å². The van der Waals surface area contributed by atoms with Crippen LogP contribution < -0.4 is 5.32 Å². The molecule has 1 aromatic heterocycles. The van der Waals surface area contributed by atoms with Crippen LogP contribution in [-0.4, -0.2) is 23.6 Å². The van der Waals surface area contributed by atoms with Gasteiger partial charge >= 0.3 is 0 Å². The molecule has 0 bridgehead atoms. The highest BCUT2D eigenvalue weighted by atomic mass is 79.9. The molecule has 0 unspecified atom stereocenters. The fraction of sp³-hybridized carbons (Fsp3) is 0.750. The van der Waals surface area contributed by atoms with Crippen molar-refractivity contribution in [3.63, 3.8) is 0 Å². The largest absolute Gasteiger partial charge is 0.370 e. The minimum Gasteiger partial charge on any atom is -0.370 e. The predicted octanol–water partition coefficient (Wildman–Crippen LogP) is 4.43. The number of aryl methyl sites for hydroxylation is 1. The van der Waals surface area contributed by atoms with Crippen molar-refractivity contribution in [2.24, 2.45) is 0 Å². The fourth-order valence-corrected chi connectivity index (χ4v) is 3.54. The van der Waals surface area contributed by atoms with Crippen molar-refractivity contribution in [3.05, 3.63) is 16.0 Å². The van der Waals surface area contributed by atoms with Gasteiger partial charge in [-0.25, -0.2) is 9.97 Å². The van der Waals surface area contributed by atoms with Crippen LogP contribution in [0.4, 0.5) is 5.82 Å². The molecule has 0 aliphatic heterocycles. The third-order valence-electron chi connectivity index (χ3n) is 4.21. The third-order valence-corrected chi connectivity index (χ3v) is 5.04. The monoisotopic (exact) mass is 355 g/mol. The van der Waals surface area contributed by atoms with E-state index in [1.165, 1.54) is 19.3 Å². The number of anilines is 1. The molecule has 1 N–H and O–H groups in total. The van der Waals surface area contributed by atoms with Gasteiger partial charge in [0.25, 0.3) is 0 Å². The Balaban J connectivity index is 2.45. The first-order valence-corrected chi connectivity index (χ1v) is 8.82.